The summed E-state index contributed by atoms with van der Waals surface area (Å²) in [6.45, 7) is 7.85. The summed E-state index contributed by atoms with van der Waals surface area (Å²) in [7, 11) is 3.08. The number of hydrogen-bond donors (Lipinski definition) is 2. The Balaban J connectivity index is 1.50. The van der Waals surface area contributed by atoms with Crippen LogP contribution < -0.4 is 26.1 Å². The number of methoxy groups -OCH3 is 2. The molecule has 0 saturated carbocycles. The summed E-state index contributed by atoms with van der Waals surface area (Å²) >= 11 is 6.71. The summed E-state index contributed by atoms with van der Waals surface area (Å²) in [6.07, 6.45) is 2.74. The summed E-state index contributed by atoms with van der Waals surface area (Å²) in [6, 6.07) is 12.8. The zero-order valence-corrected chi connectivity index (χ0v) is 25.1. The highest BCUT2D eigenvalue weighted by atomic mass is 35.5. The van der Waals surface area contributed by atoms with E-state index in [-0.39, 0.29) is 17.8 Å². The molecule has 42 heavy (non-hydrogen) atoms. The first-order chi connectivity index (χ1) is 20.2. The van der Waals surface area contributed by atoms with Crippen LogP contribution in [-0.4, -0.2) is 72.0 Å². The second kappa shape index (κ2) is 13.0. The number of hydrogen-bond acceptors (Lipinski definition) is 9. The monoisotopic (exact) mass is 592 g/mol. The van der Waals surface area contributed by atoms with Crippen molar-refractivity contribution in [1.82, 2.24) is 19.4 Å². The Labute approximate surface area is 250 Å². The van der Waals surface area contributed by atoms with Crippen LogP contribution in [0.1, 0.15) is 19.4 Å². The lowest BCUT2D eigenvalue weighted by Crippen LogP contribution is -2.46. The molecule has 1 aliphatic rings. The molecule has 3 heterocycles. The minimum atomic E-state index is -0.226. The number of nitrogens with one attached hydrogen (secondary N) is 1. The van der Waals surface area contributed by atoms with E-state index in [9.17, 15) is 4.79 Å². The number of morpholine rings is 1. The number of rotatable bonds is 10. The molecule has 0 radical (unpaired) electrons. The molecule has 10 nitrogen and oxygen atoms in total. The van der Waals surface area contributed by atoms with Gasteiger partial charge in [0.05, 0.1) is 31.5 Å². The van der Waals surface area contributed by atoms with Gasteiger partial charge in [0.1, 0.15) is 17.1 Å². The molecular weight excluding hydrogens is 556 g/mol. The zero-order chi connectivity index (χ0) is 29.8. The smallest absolute Gasteiger partial charge is 0.260 e. The van der Waals surface area contributed by atoms with Crippen LogP contribution in [0.25, 0.3) is 22.2 Å². The maximum atomic E-state index is 14.1. The molecule has 2 atom stereocenters. The van der Waals surface area contributed by atoms with E-state index in [1.54, 1.807) is 36.1 Å². The number of nitrogens with zero attached hydrogens (tertiary/aromatic N) is 4. The molecule has 1 saturated heterocycles. The molecule has 2 unspecified atom stereocenters. The van der Waals surface area contributed by atoms with Crippen molar-refractivity contribution in [1.29, 1.82) is 0 Å². The van der Waals surface area contributed by atoms with Crippen LogP contribution >= 0.6 is 11.6 Å². The number of aryl methyl sites for hydroxylation is 2. The Morgan fingerprint density at radius 2 is 1.79 bits per heavy atom. The number of ether oxygens (including phenoxy) is 3. The van der Waals surface area contributed by atoms with Crippen molar-refractivity contribution in [2.45, 2.75) is 39.0 Å². The van der Waals surface area contributed by atoms with Gasteiger partial charge in [0.2, 0.25) is 5.95 Å². The van der Waals surface area contributed by atoms with Crippen LogP contribution in [-0.2, 0) is 17.7 Å². The Morgan fingerprint density at radius 3 is 2.48 bits per heavy atom. The van der Waals surface area contributed by atoms with E-state index in [2.05, 4.69) is 29.0 Å². The molecule has 1 fully saturated rings. The lowest BCUT2D eigenvalue weighted by Gasteiger charge is -2.35. The molecule has 222 valence electrons. The first kappa shape index (κ1) is 29.6. The van der Waals surface area contributed by atoms with E-state index in [4.69, 9.17) is 36.5 Å². The average molecular weight is 593 g/mol. The Bertz CT molecular complexity index is 1600. The number of aromatic nitrogens is 3. The van der Waals surface area contributed by atoms with Gasteiger partial charge in [0.15, 0.2) is 0 Å². The molecule has 11 heteroatoms. The number of anilines is 2. The van der Waals surface area contributed by atoms with Gasteiger partial charge in [-0.3, -0.25) is 14.3 Å². The normalized spacial score (nSPS) is 17.4. The molecule has 4 aromatic rings. The van der Waals surface area contributed by atoms with Crippen LogP contribution in [0.5, 0.6) is 11.5 Å². The first-order valence-electron chi connectivity index (χ1n) is 14.0. The number of pyridine rings is 1. The van der Waals surface area contributed by atoms with Crippen LogP contribution in [0.4, 0.5) is 11.6 Å². The maximum absolute atomic E-state index is 14.1. The molecule has 0 bridgehead atoms. The van der Waals surface area contributed by atoms with Crippen LogP contribution in [0, 0.1) is 0 Å². The van der Waals surface area contributed by atoms with Gasteiger partial charge in [-0.25, -0.2) is 4.98 Å². The average Bonchev–Trinajstić information content (AvgIpc) is 2.97. The van der Waals surface area contributed by atoms with E-state index in [0.717, 1.165) is 25.2 Å². The summed E-state index contributed by atoms with van der Waals surface area (Å²) < 4.78 is 18.4. The third kappa shape index (κ3) is 6.61. The molecular formula is C31H37ClN6O4. The van der Waals surface area contributed by atoms with Crippen molar-refractivity contribution < 1.29 is 14.2 Å². The van der Waals surface area contributed by atoms with Crippen LogP contribution in [0.15, 0.2) is 53.5 Å². The van der Waals surface area contributed by atoms with E-state index in [1.807, 2.05) is 24.3 Å². The zero-order valence-electron chi connectivity index (χ0n) is 24.4. The minimum Gasteiger partial charge on any atom is -0.497 e. The molecule has 2 aromatic heterocycles. The predicted molar refractivity (Wildman–Crippen MR) is 167 cm³/mol. The largest absolute Gasteiger partial charge is 0.497 e. The highest BCUT2D eigenvalue weighted by Gasteiger charge is 2.22. The van der Waals surface area contributed by atoms with Crippen LogP contribution in [0.2, 0.25) is 5.02 Å². The van der Waals surface area contributed by atoms with Gasteiger partial charge in [-0.2, -0.15) is 4.98 Å². The number of fused-ring (bicyclic) bond motifs is 1. The standard InChI is InChI=1S/C31H37ClN6O4/c1-19-17-37(18-20(2)42-19)12-10-34-31-35-16-22-13-26(25-14-24(40-3)15-27(41-4)28(25)32)30(39)38(29(22)36-31)11-9-21-5-7-23(33)8-6-21/h5-8,13-16,19-20H,9-12,17-18,33H2,1-4H3,(H,34,35,36). The third-order valence-corrected chi connectivity index (χ3v) is 7.79. The molecule has 5 rings (SSSR count). The van der Waals surface area contributed by atoms with Gasteiger partial charge in [0.25, 0.3) is 5.56 Å². The van der Waals surface area contributed by atoms with Gasteiger partial charge in [-0.05, 0) is 50.1 Å². The van der Waals surface area contributed by atoms with Crippen molar-refractivity contribution in [3.05, 3.63) is 69.6 Å². The Kier molecular flexibility index (Phi) is 9.15. The lowest BCUT2D eigenvalue weighted by atomic mass is 10.0. The van der Waals surface area contributed by atoms with E-state index in [1.165, 1.54) is 7.11 Å². The second-order valence-corrected chi connectivity index (χ2v) is 11.0. The molecule has 0 aliphatic carbocycles. The molecule has 1 aliphatic heterocycles. The van der Waals surface area contributed by atoms with E-state index < -0.39 is 0 Å². The summed E-state index contributed by atoms with van der Waals surface area (Å²) in [4.78, 5) is 25.8. The molecule has 2 aromatic carbocycles. The Hall–Kier alpha value is -3.86. The number of nitrogen functional groups attached to an aromatic ring is 1. The summed E-state index contributed by atoms with van der Waals surface area (Å²) in [5.41, 5.74) is 8.84. The van der Waals surface area contributed by atoms with Gasteiger partial charge in [-0.15, -0.1) is 0 Å². The van der Waals surface area contributed by atoms with Crippen molar-refractivity contribution >= 4 is 34.3 Å². The highest BCUT2D eigenvalue weighted by molar-refractivity contribution is 6.35. The van der Waals surface area contributed by atoms with Gasteiger partial charge in [0, 0.05) is 67.2 Å². The fraction of sp³-hybridized carbons (Fsp3) is 0.387. The van der Waals surface area contributed by atoms with Gasteiger partial charge in [-0.1, -0.05) is 23.7 Å². The number of nitrogens with two attached hydrogens (primary N) is 1. The second-order valence-electron chi connectivity index (χ2n) is 10.6. The third-order valence-electron chi connectivity index (χ3n) is 7.40. The SMILES string of the molecule is COc1cc(OC)c(Cl)c(-c2cc3cnc(NCCN4CC(C)OC(C)C4)nc3n(CCc3ccc(N)cc3)c2=O)c1. The number of benzene rings is 2. The minimum absolute atomic E-state index is 0.202. The quantitative estimate of drug-likeness (QED) is 0.257. The molecule has 3 N–H and O–H groups in total. The number of halogens is 1. The van der Waals surface area contributed by atoms with Crippen molar-refractivity contribution in [2.24, 2.45) is 0 Å². The fourth-order valence-corrected chi connectivity index (χ4v) is 5.69. The Morgan fingerprint density at radius 1 is 1.05 bits per heavy atom. The van der Waals surface area contributed by atoms with Crippen molar-refractivity contribution in [3.63, 3.8) is 0 Å². The topological polar surface area (TPSA) is 117 Å². The molecule has 0 amide bonds. The lowest BCUT2D eigenvalue weighted by molar-refractivity contribution is -0.0667. The van der Waals surface area contributed by atoms with E-state index in [0.29, 0.717) is 69.8 Å². The molecule has 0 spiro atoms. The summed E-state index contributed by atoms with van der Waals surface area (Å²) in [5, 5.41) is 4.37. The van der Waals surface area contributed by atoms with Crippen molar-refractivity contribution in [3.8, 4) is 22.6 Å². The van der Waals surface area contributed by atoms with Crippen molar-refractivity contribution in [2.75, 3.05) is 51.4 Å². The highest BCUT2D eigenvalue weighted by Crippen LogP contribution is 2.38. The predicted octanol–water partition coefficient (Wildman–Crippen LogP) is 4.48. The van der Waals surface area contributed by atoms with Gasteiger partial charge >= 0.3 is 0 Å². The first-order valence-corrected chi connectivity index (χ1v) is 14.4. The fourth-order valence-electron chi connectivity index (χ4n) is 5.40. The van der Waals surface area contributed by atoms with Gasteiger partial charge < -0.3 is 25.3 Å². The van der Waals surface area contributed by atoms with E-state index >= 15 is 0 Å². The summed E-state index contributed by atoms with van der Waals surface area (Å²) in [5.74, 6) is 1.41. The maximum Gasteiger partial charge on any atom is 0.260 e. The van der Waals surface area contributed by atoms with Crippen LogP contribution in [0.3, 0.4) is 0 Å².